The van der Waals surface area contributed by atoms with Crippen molar-refractivity contribution in [1.29, 1.82) is 0 Å². The molecule has 1 aliphatic carbocycles. The minimum absolute atomic E-state index is 0.0786. The van der Waals surface area contributed by atoms with E-state index in [2.05, 4.69) is 39.8 Å². The van der Waals surface area contributed by atoms with Crippen molar-refractivity contribution in [2.45, 2.75) is 64.0 Å². The molecule has 2 saturated heterocycles. The predicted molar refractivity (Wildman–Crippen MR) is 137 cm³/mol. The first-order valence-corrected chi connectivity index (χ1v) is 13.8. The minimum Gasteiger partial charge on any atom is -0.381 e. The number of amides is 2. The zero-order valence-corrected chi connectivity index (χ0v) is 21.2. The van der Waals surface area contributed by atoms with Crippen LogP contribution in [0.25, 0.3) is 0 Å². The molecule has 2 heterocycles. The summed E-state index contributed by atoms with van der Waals surface area (Å²) in [4.78, 5) is 41.2. The minimum atomic E-state index is -0.843. The van der Waals surface area contributed by atoms with Crippen molar-refractivity contribution < 1.29 is 19.1 Å². The Kier molecular flexibility index (Phi) is 9.20. The Morgan fingerprint density at radius 1 is 1.06 bits per heavy atom. The zero-order valence-electron chi connectivity index (χ0n) is 20.4. The molecule has 1 aromatic carbocycles. The second-order valence-corrected chi connectivity index (χ2v) is 10.7. The number of hydrogen-bond donors (Lipinski definition) is 2. The number of nitrogens with zero attached hydrogens (tertiary/aromatic N) is 2. The van der Waals surface area contributed by atoms with E-state index in [0.29, 0.717) is 31.2 Å². The number of carbonyl (C=O) groups is 3. The summed E-state index contributed by atoms with van der Waals surface area (Å²) in [6, 6.07) is 9.39. The molecule has 2 aliphatic heterocycles. The highest BCUT2D eigenvalue weighted by molar-refractivity contribution is 8.14. The summed E-state index contributed by atoms with van der Waals surface area (Å²) in [6.45, 7) is 3.97. The lowest BCUT2D eigenvalue weighted by Gasteiger charge is -2.31. The molecule has 1 saturated carbocycles. The highest BCUT2D eigenvalue weighted by atomic mass is 32.2. The van der Waals surface area contributed by atoms with Crippen molar-refractivity contribution in [3.8, 4) is 0 Å². The van der Waals surface area contributed by atoms with Gasteiger partial charge in [-0.2, -0.15) is 0 Å². The van der Waals surface area contributed by atoms with E-state index in [1.165, 1.54) is 0 Å². The SMILES string of the molecule is C[C@@H](c1ccccc1)N1CCSC1=NNC(=O)C(=O)C(NC(=O)C1CCCCC1)C1CCOCC1. The molecular formula is C26H36N4O4S. The van der Waals surface area contributed by atoms with Crippen LogP contribution in [0.2, 0.25) is 0 Å². The van der Waals surface area contributed by atoms with Crippen molar-refractivity contribution in [3.63, 3.8) is 0 Å². The van der Waals surface area contributed by atoms with Crippen LogP contribution in [0.15, 0.2) is 35.4 Å². The Morgan fingerprint density at radius 3 is 2.49 bits per heavy atom. The fourth-order valence-electron chi connectivity index (χ4n) is 5.16. The first-order valence-electron chi connectivity index (χ1n) is 12.8. The number of hydrogen-bond acceptors (Lipinski definition) is 6. The summed E-state index contributed by atoms with van der Waals surface area (Å²) in [5.74, 6) is -0.846. The second-order valence-electron chi connectivity index (χ2n) is 9.60. The number of Topliss-reactive ketones (excluding diaryl/α,β-unsaturated/α-hetero) is 1. The lowest BCUT2D eigenvalue weighted by molar-refractivity contribution is -0.142. The van der Waals surface area contributed by atoms with Crippen molar-refractivity contribution in [2.75, 3.05) is 25.5 Å². The van der Waals surface area contributed by atoms with Crippen LogP contribution in [0.4, 0.5) is 0 Å². The summed E-state index contributed by atoms with van der Waals surface area (Å²) in [7, 11) is 0. The van der Waals surface area contributed by atoms with Crippen LogP contribution in [-0.4, -0.2) is 59.2 Å². The van der Waals surface area contributed by atoms with Gasteiger partial charge in [-0.1, -0.05) is 61.4 Å². The average molecular weight is 501 g/mol. The van der Waals surface area contributed by atoms with E-state index in [4.69, 9.17) is 4.74 Å². The van der Waals surface area contributed by atoms with Crippen LogP contribution < -0.4 is 10.7 Å². The molecule has 2 amide bonds. The molecular weight excluding hydrogens is 464 g/mol. The normalized spacial score (nSPS) is 22.5. The summed E-state index contributed by atoms with van der Waals surface area (Å²) in [6.07, 6.45) is 6.17. The maximum absolute atomic E-state index is 13.2. The summed E-state index contributed by atoms with van der Waals surface area (Å²) in [5.41, 5.74) is 3.65. The van der Waals surface area contributed by atoms with E-state index in [9.17, 15) is 14.4 Å². The van der Waals surface area contributed by atoms with Gasteiger partial charge in [0.05, 0.1) is 6.04 Å². The Morgan fingerprint density at radius 2 is 1.77 bits per heavy atom. The van der Waals surface area contributed by atoms with Crippen molar-refractivity contribution in [2.24, 2.45) is 16.9 Å². The fourth-order valence-corrected chi connectivity index (χ4v) is 6.15. The topological polar surface area (TPSA) is 100 Å². The van der Waals surface area contributed by atoms with E-state index in [1.54, 1.807) is 11.8 Å². The molecule has 3 fully saturated rings. The zero-order chi connectivity index (χ0) is 24.6. The van der Waals surface area contributed by atoms with Gasteiger partial charge in [0.2, 0.25) is 11.7 Å². The Hall–Kier alpha value is -2.39. The van der Waals surface area contributed by atoms with Crippen molar-refractivity contribution in [1.82, 2.24) is 15.6 Å². The molecule has 0 aromatic heterocycles. The number of ether oxygens (including phenoxy) is 1. The second kappa shape index (κ2) is 12.5. The maximum Gasteiger partial charge on any atom is 0.309 e. The number of hydrazone groups is 1. The molecule has 0 radical (unpaired) electrons. The number of ketones is 1. The van der Waals surface area contributed by atoms with Gasteiger partial charge in [0, 0.05) is 31.4 Å². The van der Waals surface area contributed by atoms with E-state index in [0.717, 1.165) is 50.0 Å². The van der Waals surface area contributed by atoms with Gasteiger partial charge in [-0.25, -0.2) is 5.43 Å². The quantitative estimate of drug-likeness (QED) is 0.420. The molecule has 1 unspecified atom stereocenters. The number of benzene rings is 1. The number of rotatable bonds is 8. The monoisotopic (exact) mass is 500 g/mol. The van der Waals surface area contributed by atoms with Crippen LogP contribution in [0, 0.1) is 11.8 Å². The van der Waals surface area contributed by atoms with Crippen molar-refractivity contribution >= 4 is 34.5 Å². The lowest BCUT2D eigenvalue weighted by Crippen LogP contribution is -2.53. The van der Waals surface area contributed by atoms with Gasteiger partial charge in [0.25, 0.3) is 0 Å². The van der Waals surface area contributed by atoms with Crippen LogP contribution in [0.1, 0.15) is 63.5 Å². The molecule has 2 N–H and O–H groups in total. The first kappa shape index (κ1) is 25.7. The van der Waals surface area contributed by atoms with Crippen LogP contribution in [0.5, 0.6) is 0 Å². The molecule has 1 aromatic rings. The first-order chi connectivity index (χ1) is 17.0. The van der Waals surface area contributed by atoms with Gasteiger partial charge in [-0.3, -0.25) is 14.4 Å². The Bertz CT molecular complexity index is 913. The van der Waals surface area contributed by atoms with E-state index in [1.807, 2.05) is 18.2 Å². The summed E-state index contributed by atoms with van der Waals surface area (Å²) in [5, 5.41) is 7.95. The van der Waals surface area contributed by atoms with Gasteiger partial charge in [-0.05, 0) is 44.1 Å². The van der Waals surface area contributed by atoms with E-state index < -0.39 is 17.7 Å². The Labute approximate surface area is 211 Å². The standard InChI is InChI=1S/C26H36N4O4S/c1-18(19-8-4-2-5-9-19)30-14-17-35-26(30)29-28-25(33)23(31)22(20-12-15-34-16-13-20)27-24(32)21-10-6-3-7-11-21/h2,4-5,8-9,18,20-22H,3,6-7,10-17H2,1H3,(H,27,32)(H,28,33)/t18-,22?/m0/s1. The number of amidine groups is 1. The van der Waals surface area contributed by atoms with Gasteiger partial charge in [-0.15, -0.1) is 5.10 Å². The highest BCUT2D eigenvalue weighted by Gasteiger charge is 2.36. The van der Waals surface area contributed by atoms with Crippen molar-refractivity contribution in [3.05, 3.63) is 35.9 Å². The summed E-state index contributed by atoms with van der Waals surface area (Å²) < 4.78 is 5.44. The third kappa shape index (κ3) is 6.64. The molecule has 2 atom stereocenters. The van der Waals surface area contributed by atoms with Crippen LogP contribution in [-0.2, 0) is 19.1 Å². The van der Waals surface area contributed by atoms with E-state index >= 15 is 0 Å². The summed E-state index contributed by atoms with van der Waals surface area (Å²) >= 11 is 1.56. The third-order valence-corrected chi connectivity index (χ3v) is 8.30. The van der Waals surface area contributed by atoms with E-state index in [-0.39, 0.29) is 23.8 Å². The maximum atomic E-state index is 13.2. The smallest absolute Gasteiger partial charge is 0.309 e. The molecule has 3 aliphatic rings. The molecule has 0 bridgehead atoms. The van der Waals surface area contributed by atoms with Gasteiger partial charge in [0.1, 0.15) is 6.04 Å². The van der Waals surface area contributed by atoms with Gasteiger partial charge in [0.15, 0.2) is 5.17 Å². The molecule has 4 rings (SSSR count). The molecule has 9 heteroatoms. The number of nitrogens with one attached hydrogen (secondary N) is 2. The molecule has 190 valence electrons. The van der Waals surface area contributed by atoms with Gasteiger partial charge < -0.3 is 15.0 Å². The predicted octanol–water partition coefficient (Wildman–Crippen LogP) is 3.24. The molecule has 8 nitrogen and oxygen atoms in total. The number of carbonyl (C=O) groups excluding carboxylic acids is 3. The Balaban J connectivity index is 1.42. The highest BCUT2D eigenvalue weighted by Crippen LogP contribution is 2.29. The lowest BCUT2D eigenvalue weighted by atomic mass is 9.85. The van der Waals surface area contributed by atoms with Crippen LogP contribution in [0.3, 0.4) is 0 Å². The largest absolute Gasteiger partial charge is 0.381 e. The van der Waals surface area contributed by atoms with Crippen LogP contribution >= 0.6 is 11.8 Å². The van der Waals surface area contributed by atoms with Gasteiger partial charge >= 0.3 is 5.91 Å². The average Bonchev–Trinajstić information content (AvgIpc) is 3.39. The molecule has 0 spiro atoms. The fraction of sp³-hybridized carbons (Fsp3) is 0.615. The molecule has 35 heavy (non-hydrogen) atoms. The third-order valence-electron chi connectivity index (χ3n) is 7.33. The number of thioether (sulfide) groups is 1.